The highest BCUT2D eigenvalue weighted by molar-refractivity contribution is 5.78. The minimum atomic E-state index is 0.0588. The van der Waals surface area contributed by atoms with Crippen LogP contribution in [0.1, 0.15) is 44.7 Å². The number of ether oxygens (including phenoxy) is 2. The van der Waals surface area contributed by atoms with Crippen molar-refractivity contribution >= 4 is 5.91 Å². The van der Waals surface area contributed by atoms with Gasteiger partial charge in [-0.25, -0.2) is 0 Å². The second kappa shape index (κ2) is 5.96. The van der Waals surface area contributed by atoms with Gasteiger partial charge < -0.3 is 14.8 Å². The number of benzene rings is 1. The lowest BCUT2D eigenvalue weighted by Crippen LogP contribution is -2.33. The zero-order valence-electron chi connectivity index (χ0n) is 12.7. The maximum atomic E-state index is 12.2. The molecule has 1 aromatic carbocycles. The molecule has 0 spiro atoms. The number of hydrogen-bond acceptors (Lipinski definition) is 3. The van der Waals surface area contributed by atoms with Crippen molar-refractivity contribution in [2.75, 3.05) is 13.2 Å². The molecule has 1 amide bonds. The number of rotatable bonds is 5. The van der Waals surface area contributed by atoms with Crippen LogP contribution in [-0.4, -0.2) is 19.1 Å². The second-order valence-corrected chi connectivity index (χ2v) is 6.04. The lowest BCUT2D eigenvalue weighted by atomic mass is 10.00. The van der Waals surface area contributed by atoms with Gasteiger partial charge in [-0.05, 0) is 42.9 Å². The first kappa shape index (κ1) is 14.2. The molecule has 1 N–H and O–H groups in total. The third-order valence-electron chi connectivity index (χ3n) is 4.38. The van der Waals surface area contributed by atoms with Crippen LogP contribution in [0, 0.1) is 11.8 Å². The molecule has 1 aliphatic carbocycles. The molecule has 0 aromatic heterocycles. The molecule has 1 fully saturated rings. The van der Waals surface area contributed by atoms with Crippen LogP contribution in [0.15, 0.2) is 18.2 Å². The predicted octanol–water partition coefficient (Wildman–Crippen LogP) is 3.07. The Bertz CT molecular complexity index is 525. The molecule has 0 saturated heterocycles. The SMILES string of the molecule is CC[C@@H](C)C(=O)N[C@H](c1ccc2c(c1)OCCO2)C1CC1. The number of carbonyl (C=O) groups excluding carboxylic acids is 1. The highest BCUT2D eigenvalue weighted by Crippen LogP contribution is 2.43. The van der Waals surface area contributed by atoms with Crippen LogP contribution in [0.5, 0.6) is 11.5 Å². The van der Waals surface area contributed by atoms with E-state index < -0.39 is 0 Å². The van der Waals surface area contributed by atoms with Gasteiger partial charge in [0.25, 0.3) is 0 Å². The van der Waals surface area contributed by atoms with Crippen molar-refractivity contribution in [1.82, 2.24) is 5.32 Å². The Morgan fingerprint density at radius 2 is 2.00 bits per heavy atom. The molecule has 0 bridgehead atoms. The maximum absolute atomic E-state index is 12.2. The molecule has 4 nitrogen and oxygen atoms in total. The summed E-state index contributed by atoms with van der Waals surface area (Å²) < 4.78 is 11.2. The number of carbonyl (C=O) groups is 1. The molecule has 4 heteroatoms. The summed E-state index contributed by atoms with van der Waals surface area (Å²) in [7, 11) is 0. The largest absolute Gasteiger partial charge is 0.486 e. The Hall–Kier alpha value is -1.71. The first-order valence-corrected chi connectivity index (χ1v) is 7.89. The van der Waals surface area contributed by atoms with Gasteiger partial charge >= 0.3 is 0 Å². The second-order valence-electron chi connectivity index (χ2n) is 6.04. The van der Waals surface area contributed by atoms with E-state index in [1.165, 1.54) is 12.8 Å². The Kier molecular flexibility index (Phi) is 4.04. The van der Waals surface area contributed by atoms with E-state index in [2.05, 4.69) is 5.32 Å². The molecular formula is C17H23NO3. The zero-order valence-corrected chi connectivity index (χ0v) is 12.7. The van der Waals surface area contributed by atoms with Crippen LogP contribution < -0.4 is 14.8 Å². The van der Waals surface area contributed by atoms with Gasteiger partial charge in [-0.2, -0.15) is 0 Å². The fraction of sp³-hybridized carbons (Fsp3) is 0.588. The number of nitrogens with one attached hydrogen (secondary N) is 1. The summed E-state index contributed by atoms with van der Waals surface area (Å²) in [5, 5.41) is 3.22. The van der Waals surface area contributed by atoms with Gasteiger partial charge in [0.15, 0.2) is 11.5 Å². The fourth-order valence-corrected chi connectivity index (χ4v) is 2.64. The van der Waals surface area contributed by atoms with Gasteiger partial charge in [-0.1, -0.05) is 19.9 Å². The van der Waals surface area contributed by atoms with Gasteiger partial charge in [0.1, 0.15) is 13.2 Å². The van der Waals surface area contributed by atoms with E-state index in [9.17, 15) is 4.79 Å². The Balaban J connectivity index is 1.79. The Labute approximate surface area is 125 Å². The summed E-state index contributed by atoms with van der Waals surface area (Å²) in [6, 6.07) is 6.12. The van der Waals surface area contributed by atoms with E-state index in [0.29, 0.717) is 19.1 Å². The molecule has 21 heavy (non-hydrogen) atoms. The lowest BCUT2D eigenvalue weighted by Gasteiger charge is -2.24. The molecule has 3 rings (SSSR count). The average molecular weight is 289 g/mol. The average Bonchev–Trinajstić information content (AvgIpc) is 3.35. The standard InChI is InChI=1S/C17H23NO3/c1-3-11(2)17(19)18-16(12-4-5-12)13-6-7-14-15(10-13)21-9-8-20-14/h6-7,10-12,16H,3-5,8-9H2,1-2H3,(H,18,19)/t11-,16+/m1/s1. The summed E-state index contributed by atoms with van der Waals surface area (Å²) >= 11 is 0. The summed E-state index contributed by atoms with van der Waals surface area (Å²) in [6.07, 6.45) is 3.23. The van der Waals surface area contributed by atoms with Crippen LogP contribution in [0.25, 0.3) is 0 Å². The quantitative estimate of drug-likeness (QED) is 0.906. The molecule has 1 heterocycles. The molecule has 2 atom stereocenters. The van der Waals surface area contributed by atoms with Gasteiger partial charge in [-0.15, -0.1) is 0 Å². The monoisotopic (exact) mass is 289 g/mol. The smallest absolute Gasteiger partial charge is 0.223 e. The highest BCUT2D eigenvalue weighted by atomic mass is 16.6. The molecule has 2 aliphatic rings. The molecule has 0 unspecified atom stereocenters. The van der Waals surface area contributed by atoms with Crippen molar-refractivity contribution in [2.24, 2.45) is 11.8 Å². The molecule has 0 radical (unpaired) electrons. The lowest BCUT2D eigenvalue weighted by molar-refractivity contribution is -0.125. The molecule has 1 aliphatic heterocycles. The van der Waals surface area contributed by atoms with Crippen LogP contribution in [0.4, 0.5) is 0 Å². The summed E-state index contributed by atoms with van der Waals surface area (Å²) in [6.45, 7) is 5.20. The Morgan fingerprint density at radius 1 is 1.29 bits per heavy atom. The van der Waals surface area contributed by atoms with Crippen LogP contribution in [0.3, 0.4) is 0 Å². The molecule has 114 valence electrons. The number of hydrogen-bond donors (Lipinski definition) is 1. The first-order chi connectivity index (χ1) is 10.2. The van der Waals surface area contributed by atoms with Gasteiger partial charge in [0, 0.05) is 5.92 Å². The molecule has 1 aromatic rings. The van der Waals surface area contributed by atoms with Crippen LogP contribution in [-0.2, 0) is 4.79 Å². The Morgan fingerprint density at radius 3 is 2.67 bits per heavy atom. The predicted molar refractivity (Wildman–Crippen MR) is 80.5 cm³/mol. The van der Waals surface area contributed by atoms with Crippen LogP contribution in [0.2, 0.25) is 0 Å². The third-order valence-corrected chi connectivity index (χ3v) is 4.38. The van der Waals surface area contributed by atoms with Crippen molar-refractivity contribution in [3.8, 4) is 11.5 Å². The van der Waals surface area contributed by atoms with Gasteiger partial charge in [0.05, 0.1) is 6.04 Å². The normalized spacial score (nSPS) is 19.7. The number of amides is 1. The third kappa shape index (κ3) is 3.14. The van der Waals surface area contributed by atoms with E-state index in [1.807, 2.05) is 32.0 Å². The number of fused-ring (bicyclic) bond motifs is 1. The van der Waals surface area contributed by atoms with E-state index in [1.54, 1.807) is 0 Å². The maximum Gasteiger partial charge on any atom is 0.223 e. The van der Waals surface area contributed by atoms with E-state index in [-0.39, 0.29) is 17.9 Å². The van der Waals surface area contributed by atoms with Crippen molar-refractivity contribution in [2.45, 2.75) is 39.2 Å². The van der Waals surface area contributed by atoms with Crippen molar-refractivity contribution in [1.29, 1.82) is 0 Å². The van der Waals surface area contributed by atoms with Crippen molar-refractivity contribution in [3.63, 3.8) is 0 Å². The topological polar surface area (TPSA) is 47.6 Å². The summed E-state index contributed by atoms with van der Waals surface area (Å²) in [4.78, 5) is 12.2. The fourth-order valence-electron chi connectivity index (χ4n) is 2.64. The van der Waals surface area contributed by atoms with Crippen LogP contribution >= 0.6 is 0 Å². The van der Waals surface area contributed by atoms with E-state index in [0.717, 1.165) is 23.5 Å². The van der Waals surface area contributed by atoms with Gasteiger partial charge in [-0.3, -0.25) is 4.79 Å². The molecule has 1 saturated carbocycles. The van der Waals surface area contributed by atoms with E-state index >= 15 is 0 Å². The van der Waals surface area contributed by atoms with E-state index in [4.69, 9.17) is 9.47 Å². The zero-order chi connectivity index (χ0) is 14.8. The minimum absolute atomic E-state index is 0.0588. The highest BCUT2D eigenvalue weighted by Gasteiger charge is 2.34. The van der Waals surface area contributed by atoms with Crippen molar-refractivity contribution < 1.29 is 14.3 Å². The minimum Gasteiger partial charge on any atom is -0.486 e. The molecular weight excluding hydrogens is 266 g/mol. The summed E-state index contributed by atoms with van der Waals surface area (Å²) in [5.41, 5.74) is 1.12. The summed E-state index contributed by atoms with van der Waals surface area (Å²) in [5.74, 6) is 2.35. The van der Waals surface area contributed by atoms with Crippen molar-refractivity contribution in [3.05, 3.63) is 23.8 Å². The first-order valence-electron chi connectivity index (χ1n) is 7.89. The van der Waals surface area contributed by atoms with Gasteiger partial charge in [0.2, 0.25) is 5.91 Å².